The van der Waals surface area contributed by atoms with Crippen molar-refractivity contribution in [2.45, 2.75) is 11.9 Å². The van der Waals surface area contributed by atoms with Crippen LogP contribution in [0.15, 0.2) is 24.3 Å². The molecule has 0 aliphatic heterocycles. The van der Waals surface area contributed by atoms with Gasteiger partial charge < -0.3 is 4.74 Å². The molecular formula is C8H8BrNO3. The lowest BCUT2D eigenvalue weighted by Gasteiger charge is -2.07. The van der Waals surface area contributed by atoms with E-state index in [9.17, 15) is 10.1 Å². The molecule has 0 bridgehead atoms. The van der Waals surface area contributed by atoms with Crippen molar-refractivity contribution in [2.75, 3.05) is 0 Å². The molecule has 1 aromatic rings. The second-order valence-corrected chi connectivity index (χ2v) is 3.68. The Hall–Kier alpha value is -1.10. The Bertz CT molecular complexity index is 314. The van der Waals surface area contributed by atoms with Gasteiger partial charge in [-0.3, -0.25) is 10.1 Å². The van der Waals surface area contributed by atoms with Crippen LogP contribution in [0.2, 0.25) is 0 Å². The summed E-state index contributed by atoms with van der Waals surface area (Å²) in [5.41, 5.74) is -0.0196. The smallest absolute Gasteiger partial charge is 0.310 e. The Morgan fingerprint density at radius 1 is 1.54 bits per heavy atom. The highest BCUT2D eigenvalue weighted by Crippen LogP contribution is 2.27. The standard InChI is InChI=1S/C8H8BrNO3/c1-6(9)13-8-5-3-2-4-7(8)10(11)12/h2-6H,1H3. The van der Waals surface area contributed by atoms with E-state index >= 15 is 0 Å². The second kappa shape index (κ2) is 4.23. The summed E-state index contributed by atoms with van der Waals surface area (Å²) in [5.74, 6) is 0.275. The molecule has 0 aromatic heterocycles. The number of hydrogen-bond acceptors (Lipinski definition) is 3. The normalized spacial score (nSPS) is 12.2. The maximum atomic E-state index is 10.5. The number of ether oxygens (including phenoxy) is 1. The molecule has 0 aliphatic carbocycles. The molecule has 0 saturated carbocycles. The maximum Gasteiger partial charge on any atom is 0.310 e. The highest BCUT2D eigenvalue weighted by atomic mass is 79.9. The van der Waals surface area contributed by atoms with E-state index in [1.165, 1.54) is 6.07 Å². The molecule has 0 amide bonds. The van der Waals surface area contributed by atoms with Crippen molar-refractivity contribution in [1.29, 1.82) is 0 Å². The molecule has 0 radical (unpaired) electrons. The summed E-state index contributed by atoms with van der Waals surface area (Å²) in [6.45, 7) is 1.75. The molecular weight excluding hydrogens is 238 g/mol. The molecule has 70 valence electrons. The average Bonchev–Trinajstić information content (AvgIpc) is 2.03. The van der Waals surface area contributed by atoms with E-state index in [-0.39, 0.29) is 16.5 Å². The van der Waals surface area contributed by atoms with Gasteiger partial charge in [0.25, 0.3) is 0 Å². The first-order valence-electron chi connectivity index (χ1n) is 3.65. The Morgan fingerprint density at radius 2 is 2.15 bits per heavy atom. The molecule has 0 heterocycles. The van der Waals surface area contributed by atoms with Crippen LogP contribution in [0.1, 0.15) is 6.92 Å². The van der Waals surface area contributed by atoms with Gasteiger partial charge in [0.15, 0.2) is 10.8 Å². The lowest BCUT2D eigenvalue weighted by Crippen LogP contribution is -2.03. The first-order valence-corrected chi connectivity index (χ1v) is 4.57. The lowest BCUT2D eigenvalue weighted by molar-refractivity contribution is -0.385. The fourth-order valence-corrected chi connectivity index (χ4v) is 1.08. The zero-order valence-electron chi connectivity index (χ0n) is 6.94. The molecule has 1 unspecified atom stereocenters. The van der Waals surface area contributed by atoms with Crippen LogP contribution in [0, 0.1) is 10.1 Å². The van der Waals surface area contributed by atoms with Crippen molar-refractivity contribution in [3.05, 3.63) is 34.4 Å². The summed E-state index contributed by atoms with van der Waals surface area (Å²) in [6, 6.07) is 6.27. The minimum Gasteiger partial charge on any atom is -0.472 e. The fraction of sp³-hybridized carbons (Fsp3) is 0.250. The Balaban J connectivity index is 2.98. The van der Waals surface area contributed by atoms with Crippen LogP contribution in [0.5, 0.6) is 5.75 Å². The summed E-state index contributed by atoms with van der Waals surface area (Å²) in [6.07, 6.45) is 0. The summed E-state index contributed by atoms with van der Waals surface area (Å²) in [4.78, 5) is 10.0. The molecule has 13 heavy (non-hydrogen) atoms. The minimum absolute atomic E-state index is 0.0196. The monoisotopic (exact) mass is 245 g/mol. The fourth-order valence-electron chi connectivity index (χ4n) is 0.883. The largest absolute Gasteiger partial charge is 0.472 e. The van der Waals surface area contributed by atoms with Gasteiger partial charge in [-0.1, -0.05) is 12.1 Å². The van der Waals surface area contributed by atoms with Crippen LogP contribution in [0.25, 0.3) is 0 Å². The molecule has 0 aliphatic rings. The Kier molecular flexibility index (Phi) is 3.25. The highest BCUT2D eigenvalue weighted by molar-refractivity contribution is 9.09. The summed E-state index contributed by atoms with van der Waals surface area (Å²) < 4.78 is 5.18. The molecule has 0 saturated heterocycles. The van der Waals surface area contributed by atoms with Crippen LogP contribution in [0.3, 0.4) is 0 Å². The van der Waals surface area contributed by atoms with Gasteiger partial charge in [-0.25, -0.2) is 0 Å². The number of halogens is 1. The van der Waals surface area contributed by atoms with Crippen LogP contribution in [-0.2, 0) is 0 Å². The average molecular weight is 246 g/mol. The van der Waals surface area contributed by atoms with E-state index < -0.39 is 4.92 Å². The third kappa shape index (κ3) is 2.69. The zero-order valence-corrected chi connectivity index (χ0v) is 8.52. The summed E-state index contributed by atoms with van der Waals surface area (Å²) in [5, 5.41) is 10.3. The number of nitrogens with zero attached hydrogens (tertiary/aromatic N) is 1. The highest BCUT2D eigenvalue weighted by Gasteiger charge is 2.14. The van der Waals surface area contributed by atoms with E-state index in [1.54, 1.807) is 25.1 Å². The number of hydrogen-bond donors (Lipinski definition) is 0. The first-order chi connectivity index (χ1) is 6.11. The van der Waals surface area contributed by atoms with E-state index in [2.05, 4.69) is 15.9 Å². The Labute approximate surface area is 83.8 Å². The summed E-state index contributed by atoms with van der Waals surface area (Å²) >= 11 is 3.15. The number of rotatable bonds is 3. The van der Waals surface area contributed by atoms with Gasteiger partial charge in [0.1, 0.15) is 0 Å². The van der Waals surface area contributed by atoms with Gasteiger partial charge in [0.2, 0.25) is 0 Å². The van der Waals surface area contributed by atoms with Gasteiger partial charge in [-0.2, -0.15) is 0 Å². The SMILES string of the molecule is CC(Br)Oc1ccccc1[N+](=O)[O-]. The third-order valence-electron chi connectivity index (χ3n) is 1.35. The molecule has 0 fully saturated rings. The van der Waals surface area contributed by atoms with E-state index in [0.717, 1.165) is 0 Å². The predicted octanol–water partition coefficient (Wildman–Crippen LogP) is 2.71. The summed E-state index contributed by atoms with van der Waals surface area (Å²) in [7, 11) is 0. The molecule has 4 nitrogen and oxygen atoms in total. The van der Waals surface area contributed by atoms with Gasteiger partial charge >= 0.3 is 5.69 Å². The van der Waals surface area contributed by atoms with Crippen LogP contribution < -0.4 is 4.74 Å². The van der Waals surface area contributed by atoms with Crippen molar-refractivity contribution in [3.63, 3.8) is 0 Å². The number of para-hydroxylation sites is 2. The molecule has 5 heteroatoms. The molecule has 1 rings (SSSR count). The quantitative estimate of drug-likeness (QED) is 0.468. The van der Waals surface area contributed by atoms with E-state index in [1.807, 2.05) is 0 Å². The van der Waals surface area contributed by atoms with E-state index in [4.69, 9.17) is 4.74 Å². The number of alkyl halides is 1. The number of nitro benzene ring substituents is 1. The van der Waals surface area contributed by atoms with Crippen LogP contribution in [0.4, 0.5) is 5.69 Å². The topological polar surface area (TPSA) is 52.4 Å². The zero-order chi connectivity index (χ0) is 9.84. The third-order valence-corrected chi connectivity index (χ3v) is 1.54. The number of benzene rings is 1. The number of nitro groups is 1. The lowest BCUT2D eigenvalue weighted by atomic mass is 10.3. The van der Waals surface area contributed by atoms with Crippen molar-refractivity contribution in [2.24, 2.45) is 0 Å². The maximum absolute atomic E-state index is 10.5. The first kappa shape index (κ1) is 9.98. The van der Waals surface area contributed by atoms with Crippen molar-refractivity contribution in [1.82, 2.24) is 0 Å². The predicted molar refractivity (Wildman–Crippen MR) is 52.1 cm³/mol. The minimum atomic E-state index is -0.468. The van der Waals surface area contributed by atoms with Gasteiger partial charge in [-0.05, 0) is 28.9 Å². The molecule has 0 N–H and O–H groups in total. The van der Waals surface area contributed by atoms with Crippen molar-refractivity contribution >= 4 is 21.6 Å². The van der Waals surface area contributed by atoms with Gasteiger partial charge in [-0.15, -0.1) is 0 Å². The van der Waals surface area contributed by atoms with Crippen LogP contribution in [-0.4, -0.2) is 9.94 Å². The Morgan fingerprint density at radius 3 is 2.69 bits per heavy atom. The second-order valence-electron chi connectivity index (χ2n) is 2.39. The van der Waals surface area contributed by atoms with Crippen molar-refractivity contribution in [3.8, 4) is 5.75 Å². The van der Waals surface area contributed by atoms with Gasteiger partial charge in [0, 0.05) is 6.07 Å². The van der Waals surface area contributed by atoms with E-state index in [0.29, 0.717) is 0 Å². The van der Waals surface area contributed by atoms with Gasteiger partial charge in [0.05, 0.1) is 4.92 Å². The van der Waals surface area contributed by atoms with Crippen LogP contribution >= 0.6 is 15.9 Å². The molecule has 1 aromatic carbocycles. The van der Waals surface area contributed by atoms with Crippen molar-refractivity contribution < 1.29 is 9.66 Å². The molecule has 1 atom stereocenters. The molecule has 0 spiro atoms.